The van der Waals surface area contributed by atoms with Crippen LogP contribution in [-0.2, 0) is 9.47 Å². The van der Waals surface area contributed by atoms with Crippen LogP contribution in [0.1, 0.15) is 24.0 Å². The molecule has 1 aromatic rings. The number of piperidine rings is 1. The van der Waals surface area contributed by atoms with Crippen molar-refractivity contribution < 1.29 is 19.0 Å². The number of rotatable bonds is 4. The number of carbonyl (C=O) groups excluding carboxylic acids is 1. The molecule has 2 aliphatic rings. The van der Waals surface area contributed by atoms with Crippen molar-refractivity contribution >= 4 is 6.03 Å². The molecule has 25 heavy (non-hydrogen) atoms. The minimum absolute atomic E-state index is 0.0289. The summed E-state index contributed by atoms with van der Waals surface area (Å²) in [6.45, 7) is 7.90. The second-order valence-electron chi connectivity index (χ2n) is 6.80. The van der Waals surface area contributed by atoms with Gasteiger partial charge in [-0.3, -0.25) is 0 Å². The fraction of sp³-hybridized carbons (Fsp3) is 0.632. The van der Waals surface area contributed by atoms with Gasteiger partial charge in [0.2, 0.25) is 0 Å². The lowest BCUT2D eigenvalue weighted by molar-refractivity contribution is -0.0856. The number of urea groups is 1. The fourth-order valence-corrected chi connectivity index (χ4v) is 3.12. The molecule has 0 saturated carbocycles. The second kappa shape index (κ2) is 8.54. The lowest BCUT2D eigenvalue weighted by Gasteiger charge is -2.33. The highest BCUT2D eigenvalue weighted by Crippen LogP contribution is 2.21. The summed E-state index contributed by atoms with van der Waals surface area (Å²) >= 11 is 0. The molecule has 0 aromatic heterocycles. The first-order valence-corrected chi connectivity index (χ1v) is 9.08. The Labute approximate surface area is 149 Å². The number of ether oxygens (including phenoxy) is 3. The van der Waals surface area contributed by atoms with Gasteiger partial charge in [-0.15, -0.1) is 0 Å². The molecule has 138 valence electrons. The summed E-state index contributed by atoms with van der Waals surface area (Å²) in [4.78, 5) is 14.1. The first kappa shape index (κ1) is 18.0. The first-order valence-electron chi connectivity index (χ1n) is 9.08. The molecule has 3 rings (SSSR count). The molecule has 2 amide bonds. The van der Waals surface area contributed by atoms with Crippen LogP contribution in [0.15, 0.2) is 18.2 Å². The second-order valence-corrected chi connectivity index (χ2v) is 6.80. The molecule has 2 fully saturated rings. The zero-order chi connectivity index (χ0) is 17.6. The Morgan fingerprint density at radius 2 is 2.04 bits per heavy atom. The van der Waals surface area contributed by atoms with Crippen molar-refractivity contribution in [2.45, 2.75) is 38.9 Å². The number of nitrogens with one attached hydrogen (secondary N) is 1. The molecule has 0 radical (unpaired) electrons. The van der Waals surface area contributed by atoms with Crippen LogP contribution < -0.4 is 10.1 Å². The van der Waals surface area contributed by atoms with Crippen molar-refractivity contribution in [1.82, 2.24) is 10.2 Å². The van der Waals surface area contributed by atoms with Crippen molar-refractivity contribution in [1.29, 1.82) is 0 Å². The topological polar surface area (TPSA) is 60.0 Å². The molecular weight excluding hydrogens is 320 g/mol. The van der Waals surface area contributed by atoms with Crippen molar-refractivity contribution in [2.24, 2.45) is 0 Å². The summed E-state index contributed by atoms with van der Waals surface area (Å²) in [5.74, 6) is 0.917. The highest BCUT2D eigenvalue weighted by atomic mass is 16.6. The zero-order valence-corrected chi connectivity index (χ0v) is 15.1. The van der Waals surface area contributed by atoms with Gasteiger partial charge in [0.05, 0.1) is 25.9 Å². The van der Waals surface area contributed by atoms with Crippen LogP contribution in [0, 0.1) is 13.8 Å². The van der Waals surface area contributed by atoms with Crippen LogP contribution in [-0.4, -0.2) is 62.6 Å². The van der Waals surface area contributed by atoms with Gasteiger partial charge in [-0.2, -0.15) is 0 Å². The minimum Gasteiger partial charge on any atom is -0.490 e. The third kappa shape index (κ3) is 5.09. The van der Waals surface area contributed by atoms with E-state index in [4.69, 9.17) is 14.2 Å². The molecule has 1 atom stereocenters. The van der Waals surface area contributed by atoms with Crippen molar-refractivity contribution in [3.63, 3.8) is 0 Å². The van der Waals surface area contributed by atoms with Crippen LogP contribution in [0.4, 0.5) is 4.79 Å². The SMILES string of the molecule is Cc1ccc(OC2CCN(C(=O)NC[C@@H]3COCCO3)CC2)cc1C. The van der Waals surface area contributed by atoms with E-state index in [9.17, 15) is 4.79 Å². The highest BCUT2D eigenvalue weighted by molar-refractivity contribution is 5.74. The van der Waals surface area contributed by atoms with E-state index in [1.165, 1.54) is 11.1 Å². The Kier molecular flexibility index (Phi) is 6.15. The maximum absolute atomic E-state index is 12.3. The number of benzene rings is 1. The monoisotopic (exact) mass is 348 g/mol. The molecule has 6 heteroatoms. The standard InChI is InChI=1S/C19H28N2O4/c1-14-3-4-17(11-15(14)2)25-16-5-7-21(8-6-16)19(22)20-12-18-13-23-9-10-24-18/h3-4,11,16,18H,5-10,12-13H2,1-2H3,(H,20,22)/t18-/m1/s1. The van der Waals surface area contributed by atoms with E-state index in [2.05, 4.69) is 31.3 Å². The first-order chi connectivity index (χ1) is 12.1. The average Bonchev–Trinajstić information content (AvgIpc) is 2.64. The summed E-state index contributed by atoms with van der Waals surface area (Å²) in [5.41, 5.74) is 2.51. The fourth-order valence-electron chi connectivity index (χ4n) is 3.12. The predicted molar refractivity (Wildman–Crippen MR) is 95.1 cm³/mol. The molecular formula is C19H28N2O4. The lowest BCUT2D eigenvalue weighted by Crippen LogP contribution is -2.49. The summed E-state index contributed by atoms with van der Waals surface area (Å²) in [6.07, 6.45) is 1.83. The minimum atomic E-state index is -0.0386. The van der Waals surface area contributed by atoms with E-state index in [1.807, 2.05) is 11.0 Å². The number of hydrogen-bond acceptors (Lipinski definition) is 4. The highest BCUT2D eigenvalue weighted by Gasteiger charge is 2.25. The van der Waals surface area contributed by atoms with E-state index in [1.54, 1.807) is 0 Å². The van der Waals surface area contributed by atoms with Gasteiger partial charge in [0.15, 0.2) is 0 Å². The van der Waals surface area contributed by atoms with Crippen LogP contribution in [0.3, 0.4) is 0 Å². The van der Waals surface area contributed by atoms with Crippen LogP contribution >= 0.6 is 0 Å². The van der Waals surface area contributed by atoms with E-state index in [-0.39, 0.29) is 18.2 Å². The van der Waals surface area contributed by atoms with E-state index in [0.29, 0.717) is 39.5 Å². The zero-order valence-electron chi connectivity index (χ0n) is 15.1. The lowest BCUT2D eigenvalue weighted by atomic mass is 10.1. The maximum atomic E-state index is 12.3. The molecule has 0 bridgehead atoms. The van der Waals surface area contributed by atoms with Crippen LogP contribution in [0.25, 0.3) is 0 Å². The Morgan fingerprint density at radius 3 is 2.72 bits per heavy atom. The van der Waals surface area contributed by atoms with Gasteiger partial charge in [0.1, 0.15) is 11.9 Å². The predicted octanol–water partition coefficient (Wildman–Crippen LogP) is 2.27. The molecule has 0 aliphatic carbocycles. The van der Waals surface area contributed by atoms with Crippen LogP contribution in [0.2, 0.25) is 0 Å². The largest absolute Gasteiger partial charge is 0.490 e. The number of hydrogen-bond donors (Lipinski definition) is 1. The molecule has 0 unspecified atom stereocenters. The average molecular weight is 348 g/mol. The summed E-state index contributed by atoms with van der Waals surface area (Å²) in [5, 5.41) is 2.94. The number of carbonyl (C=O) groups is 1. The van der Waals surface area contributed by atoms with Gasteiger partial charge in [-0.25, -0.2) is 4.79 Å². The Balaban J connectivity index is 1.40. The Morgan fingerprint density at radius 1 is 1.24 bits per heavy atom. The summed E-state index contributed by atoms with van der Waals surface area (Å²) in [6, 6.07) is 6.16. The smallest absolute Gasteiger partial charge is 0.317 e. The third-order valence-electron chi connectivity index (χ3n) is 4.88. The summed E-state index contributed by atoms with van der Waals surface area (Å²) < 4.78 is 17.0. The molecule has 6 nitrogen and oxygen atoms in total. The third-order valence-corrected chi connectivity index (χ3v) is 4.88. The molecule has 2 heterocycles. The van der Waals surface area contributed by atoms with Crippen molar-refractivity contribution in [2.75, 3.05) is 39.5 Å². The van der Waals surface area contributed by atoms with Gasteiger partial charge < -0.3 is 24.4 Å². The van der Waals surface area contributed by atoms with Gasteiger partial charge in [0.25, 0.3) is 0 Å². The van der Waals surface area contributed by atoms with Crippen LogP contribution in [0.5, 0.6) is 5.75 Å². The number of amides is 2. The maximum Gasteiger partial charge on any atom is 0.317 e. The Hall–Kier alpha value is -1.79. The quantitative estimate of drug-likeness (QED) is 0.907. The number of likely N-dealkylation sites (tertiary alicyclic amines) is 1. The van der Waals surface area contributed by atoms with Crippen molar-refractivity contribution in [3.05, 3.63) is 29.3 Å². The van der Waals surface area contributed by atoms with E-state index < -0.39 is 0 Å². The van der Waals surface area contributed by atoms with Gasteiger partial charge >= 0.3 is 6.03 Å². The molecule has 2 aliphatic heterocycles. The van der Waals surface area contributed by atoms with E-state index >= 15 is 0 Å². The number of aryl methyl sites for hydroxylation is 2. The number of nitrogens with zero attached hydrogens (tertiary/aromatic N) is 1. The Bertz CT molecular complexity index is 579. The molecule has 2 saturated heterocycles. The van der Waals surface area contributed by atoms with Crippen molar-refractivity contribution in [3.8, 4) is 5.75 Å². The molecule has 1 aromatic carbocycles. The molecule has 0 spiro atoms. The van der Waals surface area contributed by atoms with Gasteiger partial charge in [-0.05, 0) is 37.1 Å². The normalized spacial score (nSPS) is 21.8. The van der Waals surface area contributed by atoms with E-state index in [0.717, 1.165) is 18.6 Å². The van der Waals surface area contributed by atoms with Gasteiger partial charge in [0, 0.05) is 32.5 Å². The van der Waals surface area contributed by atoms with Gasteiger partial charge in [-0.1, -0.05) is 6.07 Å². The molecule has 1 N–H and O–H groups in total. The summed E-state index contributed by atoms with van der Waals surface area (Å²) in [7, 11) is 0.